The van der Waals surface area contributed by atoms with Crippen molar-refractivity contribution in [2.75, 3.05) is 26.2 Å². The van der Waals surface area contributed by atoms with E-state index in [1.54, 1.807) is 16.0 Å². The summed E-state index contributed by atoms with van der Waals surface area (Å²) < 4.78 is 1.71. The normalized spacial score (nSPS) is 16.7. The fraction of sp³-hybridized carbons (Fsp3) is 0.632. The lowest BCUT2D eigenvalue weighted by atomic mass is 9.98. The molecule has 0 N–H and O–H groups in total. The van der Waals surface area contributed by atoms with Crippen LogP contribution in [0, 0.1) is 6.92 Å². The van der Waals surface area contributed by atoms with Crippen LogP contribution in [-0.4, -0.2) is 56.7 Å². The van der Waals surface area contributed by atoms with Gasteiger partial charge in [-0.05, 0) is 13.3 Å². The van der Waals surface area contributed by atoms with E-state index in [1.807, 2.05) is 25.1 Å². The SMILES string of the molecule is Cc1nn(C)cc1C(=O)N1CCCN(Cc2csc(C(C)(C)C)n2)CC1. The number of aromatic nitrogens is 3. The van der Waals surface area contributed by atoms with E-state index in [1.165, 1.54) is 5.01 Å². The maximum absolute atomic E-state index is 12.8. The van der Waals surface area contributed by atoms with Gasteiger partial charge in [-0.2, -0.15) is 5.10 Å². The quantitative estimate of drug-likeness (QED) is 0.828. The Balaban J connectivity index is 1.60. The van der Waals surface area contributed by atoms with Crippen molar-refractivity contribution in [3.05, 3.63) is 33.5 Å². The van der Waals surface area contributed by atoms with Gasteiger partial charge in [0.05, 0.1) is 22.0 Å². The smallest absolute Gasteiger partial charge is 0.257 e. The van der Waals surface area contributed by atoms with Gasteiger partial charge in [-0.3, -0.25) is 14.4 Å². The number of hydrogen-bond donors (Lipinski definition) is 0. The van der Waals surface area contributed by atoms with Crippen LogP contribution in [0.15, 0.2) is 11.6 Å². The van der Waals surface area contributed by atoms with Gasteiger partial charge in [0.1, 0.15) is 0 Å². The molecule has 3 heterocycles. The van der Waals surface area contributed by atoms with E-state index in [2.05, 4.69) is 36.1 Å². The molecule has 1 aliphatic rings. The molecule has 26 heavy (non-hydrogen) atoms. The number of nitrogens with zero attached hydrogens (tertiary/aromatic N) is 5. The molecule has 0 radical (unpaired) electrons. The summed E-state index contributed by atoms with van der Waals surface area (Å²) in [5, 5.41) is 7.66. The molecule has 0 aliphatic carbocycles. The van der Waals surface area contributed by atoms with E-state index in [9.17, 15) is 4.79 Å². The summed E-state index contributed by atoms with van der Waals surface area (Å²) in [5.74, 6) is 0.0983. The highest BCUT2D eigenvalue weighted by Gasteiger charge is 2.24. The summed E-state index contributed by atoms with van der Waals surface area (Å²) in [6.45, 7) is 12.8. The van der Waals surface area contributed by atoms with E-state index >= 15 is 0 Å². The van der Waals surface area contributed by atoms with Gasteiger partial charge in [-0.25, -0.2) is 4.98 Å². The highest BCUT2D eigenvalue weighted by Crippen LogP contribution is 2.26. The van der Waals surface area contributed by atoms with Crippen LogP contribution in [0.2, 0.25) is 0 Å². The average molecular weight is 376 g/mol. The largest absolute Gasteiger partial charge is 0.337 e. The van der Waals surface area contributed by atoms with E-state index in [-0.39, 0.29) is 11.3 Å². The number of aryl methyl sites for hydroxylation is 2. The maximum Gasteiger partial charge on any atom is 0.257 e. The van der Waals surface area contributed by atoms with Gasteiger partial charge in [0, 0.05) is 56.8 Å². The zero-order valence-corrected chi connectivity index (χ0v) is 17.3. The molecule has 0 aromatic carbocycles. The van der Waals surface area contributed by atoms with Gasteiger partial charge >= 0.3 is 0 Å². The van der Waals surface area contributed by atoms with Crippen LogP contribution in [0.4, 0.5) is 0 Å². The molecule has 2 aromatic rings. The van der Waals surface area contributed by atoms with Gasteiger partial charge in [-0.15, -0.1) is 11.3 Å². The molecule has 3 rings (SSSR count). The second-order valence-corrected chi connectivity index (χ2v) is 8.98. The standard InChI is InChI=1S/C19H29N5OS/c1-14-16(12-22(5)21-14)17(25)24-8-6-7-23(9-10-24)11-15-13-26-18(20-15)19(2,3)4/h12-13H,6-11H2,1-5H3. The second-order valence-electron chi connectivity index (χ2n) is 8.12. The zero-order chi connectivity index (χ0) is 18.9. The van der Waals surface area contributed by atoms with Crippen LogP contribution in [0.3, 0.4) is 0 Å². The molecule has 0 spiro atoms. The molecular weight excluding hydrogens is 346 g/mol. The van der Waals surface area contributed by atoms with Gasteiger partial charge < -0.3 is 4.90 Å². The Kier molecular flexibility index (Phi) is 5.48. The van der Waals surface area contributed by atoms with Gasteiger partial charge in [-0.1, -0.05) is 20.8 Å². The number of carbonyl (C=O) groups excluding carboxylic acids is 1. The molecule has 1 fully saturated rings. The number of hydrogen-bond acceptors (Lipinski definition) is 5. The Morgan fingerprint density at radius 1 is 1.23 bits per heavy atom. The molecule has 0 bridgehead atoms. The summed E-state index contributed by atoms with van der Waals surface area (Å²) in [6.07, 6.45) is 2.81. The van der Waals surface area contributed by atoms with Crippen molar-refractivity contribution in [2.24, 2.45) is 7.05 Å². The summed E-state index contributed by atoms with van der Waals surface area (Å²) in [6, 6.07) is 0. The van der Waals surface area contributed by atoms with Gasteiger partial charge in [0.15, 0.2) is 0 Å². The molecular formula is C19H29N5OS. The van der Waals surface area contributed by atoms with Crippen LogP contribution >= 0.6 is 11.3 Å². The lowest BCUT2D eigenvalue weighted by Gasteiger charge is -2.21. The summed E-state index contributed by atoms with van der Waals surface area (Å²) in [5.41, 5.74) is 2.76. The highest BCUT2D eigenvalue weighted by atomic mass is 32.1. The maximum atomic E-state index is 12.8. The monoisotopic (exact) mass is 375 g/mol. The Labute approximate surface area is 159 Å². The molecule has 142 valence electrons. The minimum Gasteiger partial charge on any atom is -0.337 e. The van der Waals surface area contributed by atoms with Crippen molar-refractivity contribution in [3.63, 3.8) is 0 Å². The summed E-state index contributed by atoms with van der Waals surface area (Å²) in [4.78, 5) is 22.0. The fourth-order valence-electron chi connectivity index (χ4n) is 3.27. The van der Waals surface area contributed by atoms with Gasteiger partial charge in [0.25, 0.3) is 5.91 Å². The molecule has 7 heteroatoms. The topological polar surface area (TPSA) is 54.3 Å². The number of amides is 1. The van der Waals surface area contributed by atoms with Crippen LogP contribution in [0.25, 0.3) is 0 Å². The van der Waals surface area contributed by atoms with Crippen molar-refractivity contribution in [2.45, 2.75) is 46.1 Å². The third-order valence-electron chi connectivity index (χ3n) is 4.70. The number of thiazole rings is 1. The minimum atomic E-state index is 0.0983. The van der Waals surface area contributed by atoms with E-state index in [0.29, 0.717) is 0 Å². The van der Waals surface area contributed by atoms with Crippen LogP contribution < -0.4 is 0 Å². The Morgan fingerprint density at radius 2 is 2.00 bits per heavy atom. The lowest BCUT2D eigenvalue weighted by Crippen LogP contribution is -2.35. The Bertz CT molecular complexity index is 773. The highest BCUT2D eigenvalue weighted by molar-refractivity contribution is 7.09. The summed E-state index contributed by atoms with van der Waals surface area (Å²) in [7, 11) is 1.85. The zero-order valence-electron chi connectivity index (χ0n) is 16.4. The number of rotatable bonds is 3. The first-order valence-electron chi connectivity index (χ1n) is 9.21. The molecule has 1 aliphatic heterocycles. The first-order chi connectivity index (χ1) is 12.2. The lowest BCUT2D eigenvalue weighted by molar-refractivity contribution is 0.0760. The average Bonchev–Trinajstić information content (AvgIpc) is 3.07. The van der Waals surface area contributed by atoms with E-state index in [4.69, 9.17) is 4.98 Å². The molecule has 0 atom stereocenters. The third-order valence-corrected chi connectivity index (χ3v) is 6.02. The van der Waals surface area contributed by atoms with Crippen LogP contribution in [-0.2, 0) is 19.0 Å². The van der Waals surface area contributed by atoms with Gasteiger partial charge in [0.2, 0.25) is 0 Å². The molecule has 1 saturated heterocycles. The predicted octanol–water partition coefficient (Wildman–Crippen LogP) is 2.83. The van der Waals surface area contributed by atoms with Crippen molar-refractivity contribution in [3.8, 4) is 0 Å². The van der Waals surface area contributed by atoms with E-state index < -0.39 is 0 Å². The predicted molar refractivity (Wildman–Crippen MR) is 105 cm³/mol. The van der Waals surface area contributed by atoms with Crippen LogP contribution in [0.1, 0.15) is 53.9 Å². The molecule has 2 aromatic heterocycles. The molecule has 0 unspecified atom stereocenters. The molecule has 0 saturated carbocycles. The first-order valence-corrected chi connectivity index (χ1v) is 10.1. The third kappa shape index (κ3) is 4.32. The Morgan fingerprint density at radius 3 is 2.62 bits per heavy atom. The van der Waals surface area contributed by atoms with Crippen molar-refractivity contribution < 1.29 is 4.79 Å². The molecule has 6 nitrogen and oxygen atoms in total. The second kappa shape index (κ2) is 7.48. The van der Waals surface area contributed by atoms with Crippen molar-refractivity contribution in [1.82, 2.24) is 24.6 Å². The molecule has 1 amide bonds. The fourth-order valence-corrected chi connectivity index (χ4v) is 4.16. The number of carbonyl (C=O) groups is 1. The van der Waals surface area contributed by atoms with Crippen molar-refractivity contribution in [1.29, 1.82) is 0 Å². The van der Waals surface area contributed by atoms with Crippen LogP contribution in [0.5, 0.6) is 0 Å². The Hall–Kier alpha value is -1.73. The first kappa shape index (κ1) is 19.0. The summed E-state index contributed by atoms with van der Waals surface area (Å²) >= 11 is 1.75. The minimum absolute atomic E-state index is 0.0983. The van der Waals surface area contributed by atoms with Crippen molar-refractivity contribution >= 4 is 17.2 Å². The van der Waals surface area contributed by atoms with E-state index in [0.717, 1.165) is 56.1 Å².